The van der Waals surface area contributed by atoms with Crippen molar-refractivity contribution in [3.63, 3.8) is 0 Å². The lowest BCUT2D eigenvalue weighted by Crippen LogP contribution is -2.14. The van der Waals surface area contributed by atoms with Crippen LogP contribution in [0.15, 0.2) is 24.3 Å². The van der Waals surface area contributed by atoms with E-state index in [1.807, 2.05) is 0 Å². The maximum atomic E-state index is 13.0. The fourth-order valence-electron chi connectivity index (χ4n) is 1.26. The van der Waals surface area contributed by atoms with Crippen molar-refractivity contribution in [1.29, 1.82) is 0 Å². The number of nitrogen functional groups attached to an aromatic ring is 1. The van der Waals surface area contributed by atoms with Gasteiger partial charge in [0.1, 0.15) is 5.82 Å². The van der Waals surface area contributed by atoms with Gasteiger partial charge in [-0.3, -0.25) is 4.79 Å². The van der Waals surface area contributed by atoms with Gasteiger partial charge in [-0.1, -0.05) is 11.3 Å². The Balaban J connectivity index is 2.53. The molecule has 0 aliphatic heterocycles. The second kappa shape index (κ2) is 3.61. The molecule has 2 rings (SSSR count). The third-order valence-electron chi connectivity index (χ3n) is 1.99. The number of halogens is 1. The summed E-state index contributed by atoms with van der Waals surface area (Å²) in [6, 6.07) is 5.58. The Labute approximate surface area is 89.7 Å². The highest BCUT2D eigenvalue weighted by atomic mass is 19.1. The van der Waals surface area contributed by atoms with Crippen LogP contribution in [0.2, 0.25) is 0 Å². The molecular formula is C9H8FN5O. The van der Waals surface area contributed by atoms with Gasteiger partial charge in [0.15, 0.2) is 11.5 Å². The summed E-state index contributed by atoms with van der Waals surface area (Å²) in [7, 11) is 0. The summed E-state index contributed by atoms with van der Waals surface area (Å²) in [6.07, 6.45) is 0. The zero-order chi connectivity index (χ0) is 11.7. The van der Waals surface area contributed by atoms with Crippen LogP contribution in [0, 0.1) is 5.82 Å². The molecule has 0 unspecified atom stereocenters. The minimum atomic E-state index is -0.778. The van der Waals surface area contributed by atoms with Crippen LogP contribution in [-0.4, -0.2) is 20.9 Å². The third kappa shape index (κ3) is 1.58. The molecule has 1 aromatic heterocycles. The van der Waals surface area contributed by atoms with Gasteiger partial charge in [0.05, 0.1) is 5.69 Å². The zero-order valence-electron chi connectivity index (χ0n) is 8.09. The molecule has 6 nitrogen and oxygen atoms in total. The predicted octanol–water partition coefficient (Wildman–Crippen LogP) is 0.0875. The van der Waals surface area contributed by atoms with E-state index in [0.29, 0.717) is 5.69 Å². The lowest BCUT2D eigenvalue weighted by Gasteiger charge is -2.02. The SMILES string of the molecule is NC(=O)c1nnn(-c2cccc(F)c2)c1N. The van der Waals surface area contributed by atoms with E-state index in [0.717, 1.165) is 4.68 Å². The molecule has 0 atom stereocenters. The number of anilines is 1. The lowest BCUT2D eigenvalue weighted by molar-refractivity contribution is 0.0996. The zero-order valence-corrected chi connectivity index (χ0v) is 8.09. The van der Waals surface area contributed by atoms with Crippen LogP contribution < -0.4 is 11.5 Å². The van der Waals surface area contributed by atoms with Crippen molar-refractivity contribution in [1.82, 2.24) is 15.0 Å². The fourth-order valence-corrected chi connectivity index (χ4v) is 1.26. The van der Waals surface area contributed by atoms with Gasteiger partial charge in [0.2, 0.25) is 0 Å². The maximum absolute atomic E-state index is 13.0. The van der Waals surface area contributed by atoms with E-state index >= 15 is 0 Å². The largest absolute Gasteiger partial charge is 0.382 e. The molecular weight excluding hydrogens is 213 g/mol. The Morgan fingerprint density at radius 3 is 2.75 bits per heavy atom. The highest BCUT2D eigenvalue weighted by Gasteiger charge is 2.15. The van der Waals surface area contributed by atoms with Gasteiger partial charge in [-0.25, -0.2) is 4.39 Å². The summed E-state index contributed by atoms with van der Waals surface area (Å²) in [6.45, 7) is 0. The van der Waals surface area contributed by atoms with E-state index in [4.69, 9.17) is 11.5 Å². The Morgan fingerprint density at radius 2 is 2.19 bits per heavy atom. The number of primary amides is 1. The first-order valence-corrected chi connectivity index (χ1v) is 4.36. The number of aromatic nitrogens is 3. The molecule has 7 heteroatoms. The number of amides is 1. The molecule has 16 heavy (non-hydrogen) atoms. The van der Waals surface area contributed by atoms with Gasteiger partial charge in [0, 0.05) is 0 Å². The number of hydrogen-bond acceptors (Lipinski definition) is 4. The topological polar surface area (TPSA) is 99.8 Å². The Bertz CT molecular complexity index is 551. The van der Waals surface area contributed by atoms with Crippen molar-refractivity contribution in [2.24, 2.45) is 5.73 Å². The van der Waals surface area contributed by atoms with Crippen LogP contribution in [0.25, 0.3) is 5.69 Å². The Kier molecular flexibility index (Phi) is 2.28. The van der Waals surface area contributed by atoms with E-state index in [1.54, 1.807) is 6.07 Å². The van der Waals surface area contributed by atoms with E-state index in [-0.39, 0.29) is 11.5 Å². The highest BCUT2D eigenvalue weighted by Crippen LogP contribution is 2.15. The summed E-state index contributed by atoms with van der Waals surface area (Å²) >= 11 is 0. The van der Waals surface area contributed by atoms with Crippen molar-refractivity contribution < 1.29 is 9.18 Å². The molecule has 0 radical (unpaired) electrons. The standard InChI is InChI=1S/C9H8FN5O/c10-5-2-1-3-6(4-5)15-8(11)7(9(12)16)13-14-15/h1-4H,11H2,(H2,12,16). The Morgan fingerprint density at radius 1 is 1.44 bits per heavy atom. The van der Waals surface area contributed by atoms with Crippen molar-refractivity contribution in [3.8, 4) is 5.69 Å². The van der Waals surface area contributed by atoms with Crippen molar-refractivity contribution >= 4 is 11.7 Å². The molecule has 1 amide bonds. The van der Waals surface area contributed by atoms with Gasteiger partial charge in [-0.15, -0.1) is 5.10 Å². The first-order valence-electron chi connectivity index (χ1n) is 4.36. The van der Waals surface area contributed by atoms with Gasteiger partial charge in [-0.05, 0) is 18.2 Å². The van der Waals surface area contributed by atoms with Crippen LogP contribution >= 0.6 is 0 Å². The van der Waals surface area contributed by atoms with Crippen LogP contribution in [0.5, 0.6) is 0 Å². The van der Waals surface area contributed by atoms with Crippen molar-refractivity contribution in [2.75, 3.05) is 5.73 Å². The minimum Gasteiger partial charge on any atom is -0.382 e. The van der Waals surface area contributed by atoms with Gasteiger partial charge in [0.25, 0.3) is 5.91 Å². The summed E-state index contributed by atoms with van der Waals surface area (Å²) in [4.78, 5) is 10.9. The predicted molar refractivity (Wildman–Crippen MR) is 54.2 cm³/mol. The quantitative estimate of drug-likeness (QED) is 0.750. The summed E-state index contributed by atoms with van der Waals surface area (Å²) in [5, 5.41) is 7.13. The molecule has 0 spiro atoms. The summed E-state index contributed by atoms with van der Waals surface area (Å²) in [5.74, 6) is -1.23. The van der Waals surface area contributed by atoms with Crippen LogP contribution in [0.3, 0.4) is 0 Å². The summed E-state index contributed by atoms with van der Waals surface area (Å²) < 4.78 is 14.1. The van der Waals surface area contributed by atoms with Gasteiger partial charge in [-0.2, -0.15) is 4.68 Å². The molecule has 0 saturated heterocycles. The minimum absolute atomic E-state index is 0.0156. The number of rotatable bonds is 2. The van der Waals surface area contributed by atoms with E-state index in [2.05, 4.69) is 10.3 Å². The number of nitrogens with two attached hydrogens (primary N) is 2. The lowest BCUT2D eigenvalue weighted by atomic mass is 10.3. The second-order valence-corrected chi connectivity index (χ2v) is 3.08. The van der Waals surface area contributed by atoms with E-state index in [1.165, 1.54) is 18.2 Å². The van der Waals surface area contributed by atoms with Crippen LogP contribution in [-0.2, 0) is 0 Å². The van der Waals surface area contributed by atoms with Crippen molar-refractivity contribution in [2.45, 2.75) is 0 Å². The van der Waals surface area contributed by atoms with Crippen molar-refractivity contribution in [3.05, 3.63) is 35.8 Å². The first-order chi connectivity index (χ1) is 7.59. The molecule has 0 aliphatic rings. The summed E-state index contributed by atoms with van der Waals surface area (Å²) in [5.41, 5.74) is 10.9. The van der Waals surface area contributed by atoms with Gasteiger partial charge < -0.3 is 11.5 Å². The molecule has 0 aliphatic carbocycles. The van der Waals surface area contributed by atoms with E-state index < -0.39 is 11.7 Å². The molecule has 0 fully saturated rings. The smallest absolute Gasteiger partial charge is 0.273 e. The average molecular weight is 221 g/mol. The molecule has 1 heterocycles. The maximum Gasteiger partial charge on any atom is 0.273 e. The number of benzene rings is 1. The van der Waals surface area contributed by atoms with Crippen LogP contribution in [0.1, 0.15) is 10.5 Å². The molecule has 82 valence electrons. The first kappa shape index (κ1) is 10.1. The molecule has 0 bridgehead atoms. The highest BCUT2D eigenvalue weighted by molar-refractivity contribution is 5.95. The second-order valence-electron chi connectivity index (χ2n) is 3.08. The van der Waals surface area contributed by atoms with Crippen LogP contribution in [0.4, 0.5) is 10.2 Å². The monoisotopic (exact) mass is 221 g/mol. The number of carbonyl (C=O) groups excluding carboxylic acids is 1. The average Bonchev–Trinajstić information content (AvgIpc) is 2.60. The van der Waals surface area contributed by atoms with E-state index in [9.17, 15) is 9.18 Å². The molecule has 4 N–H and O–H groups in total. The molecule has 2 aromatic rings. The number of hydrogen-bond donors (Lipinski definition) is 2. The Hall–Kier alpha value is -2.44. The molecule has 0 saturated carbocycles. The number of nitrogens with zero attached hydrogens (tertiary/aromatic N) is 3. The molecule has 1 aromatic carbocycles. The number of carbonyl (C=O) groups is 1. The normalized spacial score (nSPS) is 10.3. The third-order valence-corrected chi connectivity index (χ3v) is 1.99. The fraction of sp³-hybridized carbons (Fsp3) is 0. The van der Waals surface area contributed by atoms with Gasteiger partial charge >= 0.3 is 0 Å².